The van der Waals surface area contributed by atoms with Crippen molar-refractivity contribution in [1.82, 2.24) is 0 Å². The number of Topliss-reactive ketones (excluding diaryl/α,β-unsaturated/α-hetero) is 1. The summed E-state index contributed by atoms with van der Waals surface area (Å²) in [6.45, 7) is 0. The zero-order valence-corrected chi connectivity index (χ0v) is 17.6. The number of hydrogen-bond donors (Lipinski definition) is 1. The number of carbonyl (C=O) groups is 1. The van der Waals surface area contributed by atoms with Crippen molar-refractivity contribution >= 4 is 38.4 Å². The molecule has 5 heteroatoms. The summed E-state index contributed by atoms with van der Waals surface area (Å²) in [5, 5.41) is 3.67. The Morgan fingerprint density at radius 3 is 2.40 bits per heavy atom. The minimum atomic E-state index is -0.146. The highest BCUT2D eigenvalue weighted by Crippen LogP contribution is 2.18. The molecule has 4 aromatic rings. The second-order valence-corrected chi connectivity index (χ2v) is 7.69. The van der Waals surface area contributed by atoms with Gasteiger partial charge in [-0.25, -0.2) is 0 Å². The monoisotopic (exact) mass is 459 g/mol. The number of rotatable bonds is 6. The first kappa shape index (κ1) is 19.9. The van der Waals surface area contributed by atoms with E-state index < -0.39 is 0 Å². The van der Waals surface area contributed by atoms with Gasteiger partial charge >= 0.3 is 0 Å². The van der Waals surface area contributed by atoms with E-state index in [0.717, 1.165) is 10.2 Å². The third-order valence-corrected chi connectivity index (χ3v) is 5.25. The van der Waals surface area contributed by atoms with E-state index in [4.69, 9.17) is 4.42 Å². The normalized spacial score (nSPS) is 11.4. The molecule has 4 rings (SSSR count). The van der Waals surface area contributed by atoms with Crippen LogP contribution in [-0.2, 0) is 6.42 Å². The Hall–Kier alpha value is -3.44. The van der Waals surface area contributed by atoms with Crippen LogP contribution < -0.4 is 10.7 Å². The first-order chi connectivity index (χ1) is 14.6. The largest absolute Gasteiger partial charge is 0.464 e. The zero-order chi connectivity index (χ0) is 20.9. The van der Waals surface area contributed by atoms with Gasteiger partial charge < -0.3 is 9.73 Å². The van der Waals surface area contributed by atoms with Gasteiger partial charge in [0, 0.05) is 39.5 Å². The standard InChI is InChI=1S/C25H18BrNO3/c26-20-10-12-21(13-11-20)27-15-18(24(28)17-6-2-1-3-7-17)14-19-16-30-23-9-5-4-8-22(23)25(19)29/h1-13,15-16,27H,14H2/b18-15+. The van der Waals surface area contributed by atoms with Crippen LogP contribution in [0.1, 0.15) is 15.9 Å². The van der Waals surface area contributed by atoms with Crippen LogP contribution in [0.25, 0.3) is 11.0 Å². The second-order valence-electron chi connectivity index (χ2n) is 6.78. The molecule has 0 amide bonds. The number of carbonyl (C=O) groups excluding carboxylic acids is 1. The average Bonchev–Trinajstić information content (AvgIpc) is 2.79. The van der Waals surface area contributed by atoms with Crippen molar-refractivity contribution in [2.45, 2.75) is 6.42 Å². The molecule has 0 atom stereocenters. The number of nitrogens with one attached hydrogen (secondary N) is 1. The first-order valence-corrected chi connectivity index (χ1v) is 10.2. The Balaban J connectivity index is 1.70. The quantitative estimate of drug-likeness (QED) is 0.284. The molecule has 1 heterocycles. The van der Waals surface area contributed by atoms with Crippen LogP contribution in [0.5, 0.6) is 0 Å². The third-order valence-electron chi connectivity index (χ3n) is 4.72. The molecule has 0 saturated heterocycles. The summed E-state index contributed by atoms with van der Waals surface area (Å²) in [5.41, 5.74) is 2.69. The summed E-state index contributed by atoms with van der Waals surface area (Å²) in [6, 6.07) is 23.7. The Morgan fingerprint density at radius 1 is 0.933 bits per heavy atom. The van der Waals surface area contributed by atoms with Gasteiger partial charge in [0.25, 0.3) is 0 Å². The average molecular weight is 460 g/mol. The molecule has 1 aromatic heterocycles. The Morgan fingerprint density at radius 2 is 1.63 bits per heavy atom. The molecule has 0 aliphatic carbocycles. The van der Waals surface area contributed by atoms with Crippen LogP contribution in [0.2, 0.25) is 0 Å². The minimum absolute atomic E-state index is 0.132. The van der Waals surface area contributed by atoms with Gasteiger partial charge in [-0.05, 0) is 36.4 Å². The lowest BCUT2D eigenvalue weighted by Crippen LogP contribution is -2.14. The van der Waals surface area contributed by atoms with E-state index in [2.05, 4.69) is 21.2 Å². The molecular weight excluding hydrogens is 442 g/mol. The minimum Gasteiger partial charge on any atom is -0.464 e. The van der Waals surface area contributed by atoms with Crippen molar-refractivity contribution < 1.29 is 9.21 Å². The number of fused-ring (bicyclic) bond motifs is 1. The lowest BCUT2D eigenvalue weighted by molar-refractivity contribution is 0.103. The number of ketones is 1. The second kappa shape index (κ2) is 8.93. The first-order valence-electron chi connectivity index (χ1n) is 9.42. The van der Waals surface area contributed by atoms with Gasteiger partial charge in [-0.1, -0.05) is 58.4 Å². The van der Waals surface area contributed by atoms with E-state index in [1.807, 2.05) is 48.5 Å². The van der Waals surface area contributed by atoms with Gasteiger partial charge in [-0.3, -0.25) is 9.59 Å². The molecule has 0 saturated carbocycles. The maximum Gasteiger partial charge on any atom is 0.196 e. The molecule has 4 nitrogen and oxygen atoms in total. The fourth-order valence-electron chi connectivity index (χ4n) is 3.13. The van der Waals surface area contributed by atoms with Gasteiger partial charge in [0.05, 0.1) is 11.6 Å². The Bertz CT molecular complexity index is 1280. The van der Waals surface area contributed by atoms with E-state index in [1.165, 1.54) is 6.26 Å². The number of anilines is 1. The molecule has 0 fully saturated rings. The highest BCUT2D eigenvalue weighted by Gasteiger charge is 2.16. The van der Waals surface area contributed by atoms with E-state index in [0.29, 0.717) is 27.7 Å². The number of benzene rings is 3. The zero-order valence-electron chi connectivity index (χ0n) is 16.0. The van der Waals surface area contributed by atoms with Crippen LogP contribution in [0.15, 0.2) is 111 Å². The fourth-order valence-corrected chi connectivity index (χ4v) is 3.40. The Kier molecular flexibility index (Phi) is 5.91. The molecule has 30 heavy (non-hydrogen) atoms. The smallest absolute Gasteiger partial charge is 0.196 e. The number of hydrogen-bond acceptors (Lipinski definition) is 4. The van der Waals surface area contributed by atoms with Crippen LogP contribution in [0.4, 0.5) is 5.69 Å². The Labute approximate surface area is 182 Å². The SMILES string of the molecule is O=C(/C(=C/Nc1ccc(Br)cc1)Cc1coc2ccccc2c1=O)c1ccccc1. The molecule has 0 unspecified atom stereocenters. The molecule has 0 aliphatic rings. The van der Waals surface area contributed by atoms with Crippen LogP contribution >= 0.6 is 15.9 Å². The lowest BCUT2D eigenvalue weighted by atomic mass is 9.98. The van der Waals surface area contributed by atoms with Gasteiger partial charge in [-0.15, -0.1) is 0 Å². The van der Waals surface area contributed by atoms with Crippen molar-refractivity contribution in [3.8, 4) is 0 Å². The summed E-state index contributed by atoms with van der Waals surface area (Å²) >= 11 is 3.41. The molecular formula is C25H18BrNO3. The van der Waals surface area contributed by atoms with Gasteiger partial charge in [-0.2, -0.15) is 0 Å². The summed E-state index contributed by atoms with van der Waals surface area (Å²) in [4.78, 5) is 26.1. The van der Waals surface area contributed by atoms with E-state index in [-0.39, 0.29) is 17.6 Å². The molecule has 0 aliphatic heterocycles. The summed E-state index contributed by atoms with van der Waals surface area (Å²) in [7, 11) is 0. The van der Waals surface area contributed by atoms with Crippen LogP contribution in [-0.4, -0.2) is 5.78 Å². The molecule has 0 spiro atoms. The topological polar surface area (TPSA) is 59.3 Å². The molecule has 3 aromatic carbocycles. The predicted molar refractivity (Wildman–Crippen MR) is 123 cm³/mol. The van der Waals surface area contributed by atoms with Crippen molar-refractivity contribution in [1.29, 1.82) is 0 Å². The fraction of sp³-hybridized carbons (Fsp3) is 0.0400. The summed E-state index contributed by atoms with van der Waals surface area (Å²) < 4.78 is 6.59. The highest BCUT2D eigenvalue weighted by atomic mass is 79.9. The predicted octanol–water partition coefficient (Wildman–Crippen LogP) is 5.98. The maximum atomic E-state index is 13.2. The van der Waals surface area contributed by atoms with Crippen molar-refractivity contribution in [3.05, 3.63) is 123 Å². The van der Waals surface area contributed by atoms with E-state index in [1.54, 1.807) is 36.5 Å². The van der Waals surface area contributed by atoms with Gasteiger partial charge in [0.15, 0.2) is 11.2 Å². The maximum absolute atomic E-state index is 13.2. The van der Waals surface area contributed by atoms with Gasteiger partial charge in [0.2, 0.25) is 0 Å². The van der Waals surface area contributed by atoms with Crippen LogP contribution in [0.3, 0.4) is 0 Å². The van der Waals surface area contributed by atoms with Crippen LogP contribution in [0, 0.1) is 0 Å². The number of para-hydroxylation sites is 1. The van der Waals surface area contributed by atoms with E-state index in [9.17, 15) is 9.59 Å². The number of allylic oxidation sites excluding steroid dienone is 1. The van der Waals surface area contributed by atoms with Crippen molar-refractivity contribution in [2.75, 3.05) is 5.32 Å². The highest BCUT2D eigenvalue weighted by molar-refractivity contribution is 9.10. The van der Waals surface area contributed by atoms with E-state index >= 15 is 0 Å². The molecule has 1 N–H and O–H groups in total. The van der Waals surface area contributed by atoms with Crippen molar-refractivity contribution in [3.63, 3.8) is 0 Å². The number of halogens is 1. The lowest BCUT2D eigenvalue weighted by Gasteiger charge is -2.09. The van der Waals surface area contributed by atoms with Crippen molar-refractivity contribution in [2.24, 2.45) is 0 Å². The summed E-state index contributed by atoms with van der Waals surface area (Å²) in [5.74, 6) is -0.146. The molecule has 148 valence electrons. The van der Waals surface area contributed by atoms with Gasteiger partial charge in [0.1, 0.15) is 5.58 Å². The third kappa shape index (κ3) is 4.42. The summed E-state index contributed by atoms with van der Waals surface area (Å²) in [6.07, 6.45) is 3.26. The molecule has 0 radical (unpaired) electrons. The molecule has 0 bridgehead atoms.